The molecule has 0 heterocycles. The van der Waals surface area contributed by atoms with Gasteiger partial charge in [0.2, 0.25) is 0 Å². The van der Waals surface area contributed by atoms with Gasteiger partial charge in [-0.25, -0.2) is 4.79 Å². The first kappa shape index (κ1) is 16.0. The van der Waals surface area contributed by atoms with Crippen LogP contribution in [0.3, 0.4) is 0 Å². The van der Waals surface area contributed by atoms with Crippen LogP contribution in [0.25, 0.3) is 0 Å². The van der Waals surface area contributed by atoms with E-state index in [9.17, 15) is 22.8 Å². The number of alkyl halides is 3. The average molecular weight is 289 g/mol. The summed E-state index contributed by atoms with van der Waals surface area (Å²) >= 11 is 0. The van der Waals surface area contributed by atoms with Crippen LogP contribution in [0, 0.1) is 0 Å². The molecule has 110 valence electrons. The standard InChI is InChI=1S/C13H14F3NO3/c1-8(7-17-12(19)13(14,15)16)9-3-5-10(6-4-9)11(18)20-2/h3-6,8H,7H2,1-2H3,(H,17,19). The topological polar surface area (TPSA) is 55.4 Å². The summed E-state index contributed by atoms with van der Waals surface area (Å²) in [5.41, 5.74) is 1.06. The van der Waals surface area contributed by atoms with Gasteiger partial charge in [0, 0.05) is 6.54 Å². The van der Waals surface area contributed by atoms with Crippen molar-refractivity contribution in [3.8, 4) is 0 Å². The summed E-state index contributed by atoms with van der Waals surface area (Å²) in [6.07, 6.45) is -4.88. The van der Waals surface area contributed by atoms with Gasteiger partial charge in [0.15, 0.2) is 0 Å². The van der Waals surface area contributed by atoms with E-state index in [-0.39, 0.29) is 12.5 Å². The van der Waals surface area contributed by atoms with Crippen molar-refractivity contribution in [1.29, 1.82) is 0 Å². The number of nitrogens with one attached hydrogen (secondary N) is 1. The van der Waals surface area contributed by atoms with Crippen molar-refractivity contribution in [1.82, 2.24) is 5.32 Å². The van der Waals surface area contributed by atoms with Gasteiger partial charge >= 0.3 is 18.1 Å². The third kappa shape index (κ3) is 4.25. The molecule has 0 saturated carbocycles. The van der Waals surface area contributed by atoms with Gasteiger partial charge in [-0.1, -0.05) is 19.1 Å². The molecule has 0 spiro atoms. The van der Waals surface area contributed by atoms with Crippen molar-refractivity contribution < 1.29 is 27.5 Å². The number of carbonyl (C=O) groups excluding carboxylic acids is 2. The summed E-state index contributed by atoms with van der Waals surface area (Å²) < 4.78 is 40.6. The predicted octanol–water partition coefficient (Wildman–Crippen LogP) is 2.26. The Morgan fingerprint density at radius 1 is 1.25 bits per heavy atom. The number of hydrogen-bond acceptors (Lipinski definition) is 3. The first-order chi connectivity index (χ1) is 9.25. The number of methoxy groups -OCH3 is 1. The molecule has 1 rings (SSSR count). The zero-order valence-electron chi connectivity index (χ0n) is 11.0. The molecule has 1 aromatic carbocycles. The molecule has 0 saturated heterocycles. The first-order valence-corrected chi connectivity index (χ1v) is 5.79. The number of esters is 1. The first-order valence-electron chi connectivity index (χ1n) is 5.79. The second kappa shape index (κ2) is 6.40. The van der Waals surface area contributed by atoms with Crippen LogP contribution < -0.4 is 5.32 Å². The molecule has 7 heteroatoms. The smallest absolute Gasteiger partial charge is 0.465 e. The third-order valence-electron chi connectivity index (χ3n) is 2.73. The predicted molar refractivity (Wildman–Crippen MR) is 65.3 cm³/mol. The minimum atomic E-state index is -4.88. The number of ether oxygens (including phenoxy) is 1. The van der Waals surface area contributed by atoms with Gasteiger partial charge in [0.25, 0.3) is 0 Å². The Balaban J connectivity index is 2.62. The van der Waals surface area contributed by atoms with Crippen molar-refractivity contribution in [2.24, 2.45) is 0 Å². The monoisotopic (exact) mass is 289 g/mol. The number of carbonyl (C=O) groups is 2. The molecule has 1 atom stereocenters. The highest BCUT2D eigenvalue weighted by molar-refractivity contribution is 5.89. The summed E-state index contributed by atoms with van der Waals surface area (Å²) in [4.78, 5) is 21.9. The maximum absolute atomic E-state index is 12.0. The highest BCUT2D eigenvalue weighted by atomic mass is 19.4. The number of halogens is 3. The van der Waals surface area contributed by atoms with Gasteiger partial charge in [0.1, 0.15) is 0 Å². The maximum atomic E-state index is 12.0. The Hall–Kier alpha value is -2.05. The lowest BCUT2D eigenvalue weighted by Crippen LogP contribution is -2.38. The lowest BCUT2D eigenvalue weighted by atomic mass is 10.00. The molecular formula is C13H14F3NO3. The molecule has 1 unspecified atom stereocenters. The number of rotatable bonds is 4. The molecule has 0 fully saturated rings. The SMILES string of the molecule is COC(=O)c1ccc(C(C)CNC(=O)C(F)(F)F)cc1. The molecule has 1 aromatic rings. The van der Waals surface area contributed by atoms with Crippen LogP contribution in [0.5, 0.6) is 0 Å². The fourth-order valence-electron chi connectivity index (χ4n) is 1.53. The lowest BCUT2D eigenvalue weighted by Gasteiger charge is -2.14. The normalized spacial score (nSPS) is 12.7. The second-order valence-electron chi connectivity index (χ2n) is 4.22. The Morgan fingerprint density at radius 2 is 1.80 bits per heavy atom. The van der Waals surface area contributed by atoms with E-state index in [0.29, 0.717) is 11.1 Å². The van der Waals surface area contributed by atoms with E-state index < -0.39 is 18.1 Å². The van der Waals surface area contributed by atoms with E-state index in [1.54, 1.807) is 19.1 Å². The Labute approximate surface area is 113 Å². The maximum Gasteiger partial charge on any atom is 0.471 e. The fraction of sp³-hybridized carbons (Fsp3) is 0.385. The number of hydrogen-bond donors (Lipinski definition) is 1. The van der Waals surface area contributed by atoms with Gasteiger partial charge in [-0.2, -0.15) is 13.2 Å². The quantitative estimate of drug-likeness (QED) is 0.865. The highest BCUT2D eigenvalue weighted by Crippen LogP contribution is 2.18. The minimum Gasteiger partial charge on any atom is -0.465 e. The van der Waals surface area contributed by atoms with E-state index in [1.807, 2.05) is 5.32 Å². The molecule has 1 N–H and O–H groups in total. The second-order valence-corrected chi connectivity index (χ2v) is 4.22. The summed E-state index contributed by atoms with van der Waals surface area (Å²) in [6, 6.07) is 6.25. The van der Waals surface area contributed by atoms with Crippen LogP contribution in [0.4, 0.5) is 13.2 Å². The van der Waals surface area contributed by atoms with Crippen molar-refractivity contribution in [2.75, 3.05) is 13.7 Å². The molecule has 0 aliphatic carbocycles. The van der Waals surface area contributed by atoms with E-state index in [4.69, 9.17) is 0 Å². The summed E-state index contributed by atoms with van der Waals surface area (Å²) in [5.74, 6) is -2.77. The van der Waals surface area contributed by atoms with Crippen LogP contribution in [-0.4, -0.2) is 31.7 Å². The van der Waals surface area contributed by atoms with Gasteiger partial charge < -0.3 is 10.1 Å². The largest absolute Gasteiger partial charge is 0.471 e. The Kier molecular flexibility index (Phi) is 5.12. The molecule has 0 bridgehead atoms. The van der Waals surface area contributed by atoms with Gasteiger partial charge in [-0.3, -0.25) is 4.79 Å². The van der Waals surface area contributed by atoms with E-state index in [1.165, 1.54) is 19.2 Å². The minimum absolute atomic E-state index is 0.143. The van der Waals surface area contributed by atoms with Gasteiger partial charge in [-0.05, 0) is 23.6 Å². The van der Waals surface area contributed by atoms with Crippen molar-refractivity contribution >= 4 is 11.9 Å². The van der Waals surface area contributed by atoms with Crippen LogP contribution in [-0.2, 0) is 9.53 Å². The molecule has 4 nitrogen and oxygen atoms in total. The number of amides is 1. The molecule has 0 aliphatic heterocycles. The van der Waals surface area contributed by atoms with E-state index in [2.05, 4.69) is 4.74 Å². The van der Waals surface area contributed by atoms with E-state index >= 15 is 0 Å². The Morgan fingerprint density at radius 3 is 2.25 bits per heavy atom. The molecular weight excluding hydrogens is 275 g/mol. The molecule has 0 aliphatic rings. The van der Waals surface area contributed by atoms with E-state index in [0.717, 1.165) is 0 Å². The van der Waals surface area contributed by atoms with Gasteiger partial charge in [0.05, 0.1) is 12.7 Å². The van der Waals surface area contributed by atoms with Crippen LogP contribution in [0.1, 0.15) is 28.8 Å². The molecule has 0 radical (unpaired) electrons. The molecule has 0 aromatic heterocycles. The summed E-state index contributed by atoms with van der Waals surface area (Å²) in [6.45, 7) is 1.53. The zero-order chi connectivity index (χ0) is 15.3. The molecule has 20 heavy (non-hydrogen) atoms. The van der Waals surface area contributed by atoms with Crippen LogP contribution in [0.2, 0.25) is 0 Å². The highest BCUT2D eigenvalue weighted by Gasteiger charge is 2.38. The van der Waals surface area contributed by atoms with Crippen molar-refractivity contribution in [3.63, 3.8) is 0 Å². The van der Waals surface area contributed by atoms with Gasteiger partial charge in [-0.15, -0.1) is 0 Å². The van der Waals surface area contributed by atoms with Crippen LogP contribution in [0.15, 0.2) is 24.3 Å². The van der Waals surface area contributed by atoms with Crippen molar-refractivity contribution in [2.45, 2.75) is 19.0 Å². The fourth-order valence-corrected chi connectivity index (χ4v) is 1.53. The zero-order valence-corrected chi connectivity index (χ0v) is 11.0. The number of benzene rings is 1. The summed E-state index contributed by atoms with van der Waals surface area (Å²) in [5, 5.41) is 1.81. The average Bonchev–Trinajstić information content (AvgIpc) is 2.42. The Bertz CT molecular complexity index is 483. The van der Waals surface area contributed by atoms with Crippen molar-refractivity contribution in [3.05, 3.63) is 35.4 Å². The van der Waals surface area contributed by atoms with Crippen LogP contribution >= 0.6 is 0 Å². The lowest BCUT2D eigenvalue weighted by molar-refractivity contribution is -0.173. The molecule has 1 amide bonds. The summed E-state index contributed by atoms with van der Waals surface area (Å²) in [7, 11) is 1.26. The third-order valence-corrected chi connectivity index (χ3v) is 2.73.